The first-order chi connectivity index (χ1) is 8.51. The Hall–Kier alpha value is -1.78. The first-order valence-corrected chi connectivity index (χ1v) is 5.81. The molecule has 1 aromatic rings. The molecule has 1 aromatic carbocycles. The predicted molar refractivity (Wildman–Crippen MR) is 62.4 cm³/mol. The average Bonchev–Trinajstić information content (AvgIpc) is 2.82. The monoisotopic (exact) mass is 254 g/mol. The summed E-state index contributed by atoms with van der Waals surface area (Å²) in [5, 5.41) is 19.1. The van der Waals surface area contributed by atoms with Crippen LogP contribution in [-0.4, -0.2) is 23.3 Å². The molecule has 0 radical (unpaired) electrons. The Labute approximate surface area is 104 Å². The van der Waals surface area contributed by atoms with Gasteiger partial charge in [-0.15, -0.1) is 0 Å². The van der Waals surface area contributed by atoms with Crippen molar-refractivity contribution in [3.8, 4) is 11.5 Å². The first-order valence-electron chi connectivity index (χ1n) is 5.81. The maximum atomic E-state index is 14.0. The molecule has 5 heteroatoms. The standard InChI is InChI=1S/C13H15FO4/c1-18-11-7-9(14)8(6-10(11)15)13(12(16)17)4-2-3-5-13/h6-7,15H,2-5H2,1H3,(H,16,17). The minimum Gasteiger partial charge on any atom is -0.504 e. The summed E-state index contributed by atoms with van der Waals surface area (Å²) < 4.78 is 18.8. The third kappa shape index (κ3) is 1.79. The van der Waals surface area contributed by atoms with Crippen molar-refractivity contribution in [2.24, 2.45) is 0 Å². The van der Waals surface area contributed by atoms with Gasteiger partial charge in [0.25, 0.3) is 0 Å². The number of carboxylic acid groups (broad SMARTS) is 1. The van der Waals surface area contributed by atoms with Crippen LogP contribution in [0.1, 0.15) is 31.2 Å². The molecule has 4 nitrogen and oxygen atoms in total. The van der Waals surface area contributed by atoms with Gasteiger partial charge in [0, 0.05) is 11.6 Å². The smallest absolute Gasteiger partial charge is 0.314 e. The van der Waals surface area contributed by atoms with Crippen LogP contribution in [0.15, 0.2) is 12.1 Å². The molecule has 1 aliphatic rings. The molecule has 0 atom stereocenters. The van der Waals surface area contributed by atoms with E-state index in [-0.39, 0.29) is 17.1 Å². The largest absolute Gasteiger partial charge is 0.504 e. The first kappa shape index (κ1) is 12.7. The molecule has 1 saturated carbocycles. The molecule has 0 unspecified atom stereocenters. The van der Waals surface area contributed by atoms with E-state index in [4.69, 9.17) is 4.74 Å². The number of rotatable bonds is 3. The van der Waals surface area contributed by atoms with Crippen LogP contribution >= 0.6 is 0 Å². The molecule has 0 heterocycles. The lowest BCUT2D eigenvalue weighted by molar-refractivity contribution is -0.143. The van der Waals surface area contributed by atoms with Crippen LogP contribution in [0.4, 0.5) is 4.39 Å². The van der Waals surface area contributed by atoms with Crippen molar-refractivity contribution in [2.45, 2.75) is 31.1 Å². The third-order valence-corrected chi connectivity index (χ3v) is 3.65. The maximum Gasteiger partial charge on any atom is 0.314 e. The zero-order valence-electron chi connectivity index (χ0n) is 10.1. The number of methoxy groups -OCH3 is 1. The quantitative estimate of drug-likeness (QED) is 0.869. The van der Waals surface area contributed by atoms with Crippen molar-refractivity contribution in [3.63, 3.8) is 0 Å². The topological polar surface area (TPSA) is 66.8 Å². The number of phenolic OH excluding ortho intramolecular Hbond substituents is 1. The van der Waals surface area contributed by atoms with Gasteiger partial charge < -0.3 is 14.9 Å². The van der Waals surface area contributed by atoms with E-state index in [1.807, 2.05) is 0 Å². The Kier molecular flexibility index (Phi) is 3.15. The van der Waals surface area contributed by atoms with E-state index in [1.165, 1.54) is 13.2 Å². The SMILES string of the molecule is COc1cc(F)c(C2(C(=O)O)CCCC2)cc1O. The predicted octanol–water partition coefficient (Wildman–Crippen LogP) is 2.44. The van der Waals surface area contributed by atoms with Crippen molar-refractivity contribution >= 4 is 5.97 Å². The van der Waals surface area contributed by atoms with Gasteiger partial charge in [-0.1, -0.05) is 12.8 Å². The summed E-state index contributed by atoms with van der Waals surface area (Å²) in [5.74, 6) is -1.91. The summed E-state index contributed by atoms with van der Waals surface area (Å²) in [6.45, 7) is 0. The summed E-state index contributed by atoms with van der Waals surface area (Å²) in [4.78, 5) is 11.5. The Morgan fingerprint density at radius 2 is 2.00 bits per heavy atom. The van der Waals surface area contributed by atoms with Crippen LogP contribution in [0.2, 0.25) is 0 Å². The minimum absolute atomic E-state index is 0.00906. The summed E-state index contributed by atoms with van der Waals surface area (Å²) in [5.41, 5.74) is -1.17. The highest BCUT2D eigenvalue weighted by atomic mass is 19.1. The van der Waals surface area contributed by atoms with E-state index in [0.29, 0.717) is 12.8 Å². The zero-order chi connectivity index (χ0) is 13.3. The highest BCUT2D eigenvalue weighted by molar-refractivity contribution is 5.82. The highest BCUT2D eigenvalue weighted by Crippen LogP contribution is 2.44. The van der Waals surface area contributed by atoms with Gasteiger partial charge in [0.15, 0.2) is 11.5 Å². The van der Waals surface area contributed by atoms with Crippen molar-refractivity contribution in [2.75, 3.05) is 7.11 Å². The van der Waals surface area contributed by atoms with Crippen molar-refractivity contribution in [1.82, 2.24) is 0 Å². The number of hydrogen-bond donors (Lipinski definition) is 2. The zero-order valence-corrected chi connectivity index (χ0v) is 10.1. The molecular formula is C13H15FO4. The lowest BCUT2D eigenvalue weighted by Gasteiger charge is -2.25. The number of aromatic hydroxyl groups is 1. The van der Waals surface area contributed by atoms with E-state index in [9.17, 15) is 19.4 Å². The molecule has 2 rings (SSSR count). The summed E-state index contributed by atoms with van der Waals surface area (Å²) in [6.07, 6.45) is 2.28. The van der Waals surface area contributed by atoms with Crippen molar-refractivity contribution < 1.29 is 24.1 Å². The Balaban J connectivity index is 2.56. The average molecular weight is 254 g/mol. The molecule has 0 saturated heterocycles. The van der Waals surface area contributed by atoms with Crippen LogP contribution in [0.3, 0.4) is 0 Å². The number of ether oxygens (including phenoxy) is 1. The number of benzene rings is 1. The van der Waals surface area contributed by atoms with E-state index in [1.54, 1.807) is 0 Å². The molecule has 1 fully saturated rings. The van der Waals surface area contributed by atoms with Gasteiger partial charge in [0.1, 0.15) is 5.82 Å². The molecule has 0 aliphatic heterocycles. The van der Waals surface area contributed by atoms with Gasteiger partial charge in [0.05, 0.1) is 12.5 Å². The van der Waals surface area contributed by atoms with Crippen LogP contribution in [0, 0.1) is 5.82 Å². The fourth-order valence-electron chi connectivity index (χ4n) is 2.65. The van der Waals surface area contributed by atoms with Gasteiger partial charge in [-0.3, -0.25) is 4.79 Å². The van der Waals surface area contributed by atoms with Crippen molar-refractivity contribution in [3.05, 3.63) is 23.5 Å². The third-order valence-electron chi connectivity index (χ3n) is 3.65. The van der Waals surface area contributed by atoms with Crippen molar-refractivity contribution in [1.29, 1.82) is 0 Å². The Morgan fingerprint density at radius 3 is 2.50 bits per heavy atom. The van der Waals surface area contributed by atoms with Crippen LogP contribution < -0.4 is 4.74 Å². The van der Waals surface area contributed by atoms with E-state index < -0.39 is 17.2 Å². The number of carbonyl (C=O) groups is 1. The number of carboxylic acids is 1. The van der Waals surface area contributed by atoms with Gasteiger partial charge >= 0.3 is 5.97 Å². The van der Waals surface area contributed by atoms with Crippen LogP contribution in [-0.2, 0) is 10.2 Å². The number of phenols is 1. The van der Waals surface area contributed by atoms with Gasteiger partial charge in [-0.25, -0.2) is 4.39 Å². The summed E-state index contributed by atoms with van der Waals surface area (Å²) in [6, 6.07) is 2.21. The van der Waals surface area contributed by atoms with Gasteiger partial charge in [0.2, 0.25) is 0 Å². The second-order valence-corrected chi connectivity index (χ2v) is 4.60. The van der Waals surface area contributed by atoms with E-state index >= 15 is 0 Å². The summed E-state index contributed by atoms with van der Waals surface area (Å²) >= 11 is 0. The number of hydrogen-bond acceptors (Lipinski definition) is 3. The second-order valence-electron chi connectivity index (χ2n) is 4.60. The number of halogens is 1. The fourth-order valence-corrected chi connectivity index (χ4v) is 2.65. The molecule has 1 aliphatic carbocycles. The summed E-state index contributed by atoms with van der Waals surface area (Å²) in [7, 11) is 1.32. The molecule has 0 aromatic heterocycles. The molecule has 0 bridgehead atoms. The maximum absolute atomic E-state index is 14.0. The molecular weight excluding hydrogens is 239 g/mol. The van der Waals surface area contributed by atoms with E-state index in [2.05, 4.69) is 0 Å². The lowest BCUT2D eigenvalue weighted by atomic mass is 9.78. The highest BCUT2D eigenvalue weighted by Gasteiger charge is 2.45. The molecule has 0 amide bonds. The number of aliphatic carboxylic acids is 1. The van der Waals surface area contributed by atoms with Crippen LogP contribution in [0.5, 0.6) is 11.5 Å². The Morgan fingerprint density at radius 1 is 1.39 bits per heavy atom. The Bertz CT molecular complexity index is 478. The minimum atomic E-state index is -1.21. The molecule has 98 valence electrons. The lowest BCUT2D eigenvalue weighted by Crippen LogP contribution is -2.33. The normalized spacial score (nSPS) is 17.7. The van der Waals surface area contributed by atoms with E-state index in [0.717, 1.165) is 18.9 Å². The second kappa shape index (κ2) is 4.48. The van der Waals surface area contributed by atoms with Gasteiger partial charge in [-0.2, -0.15) is 0 Å². The fraction of sp³-hybridized carbons (Fsp3) is 0.462. The van der Waals surface area contributed by atoms with Gasteiger partial charge in [-0.05, 0) is 18.9 Å². The molecule has 18 heavy (non-hydrogen) atoms. The molecule has 0 spiro atoms. The van der Waals surface area contributed by atoms with Crippen LogP contribution in [0.25, 0.3) is 0 Å². The molecule has 2 N–H and O–H groups in total.